The maximum atomic E-state index is 12.3. The van der Waals surface area contributed by atoms with Gasteiger partial charge >= 0.3 is 0 Å². The molecule has 2 fully saturated rings. The van der Waals surface area contributed by atoms with Crippen molar-refractivity contribution in [1.82, 2.24) is 10.2 Å². The molecule has 0 aromatic heterocycles. The van der Waals surface area contributed by atoms with Crippen LogP contribution in [-0.2, 0) is 9.53 Å². The van der Waals surface area contributed by atoms with Crippen molar-refractivity contribution in [3.05, 3.63) is 0 Å². The normalized spacial score (nSPS) is 29.3. The first-order valence-electron chi connectivity index (χ1n) is 5.77. The van der Waals surface area contributed by atoms with Crippen molar-refractivity contribution in [2.24, 2.45) is 0 Å². The third-order valence-electron chi connectivity index (χ3n) is 3.62. The fourth-order valence-electron chi connectivity index (χ4n) is 2.81. The Morgan fingerprint density at radius 3 is 2.80 bits per heavy atom. The second kappa shape index (κ2) is 4.10. The van der Waals surface area contributed by atoms with Crippen LogP contribution in [0.1, 0.15) is 32.6 Å². The third-order valence-corrected chi connectivity index (χ3v) is 3.62. The number of carbonyl (C=O) groups is 1. The minimum atomic E-state index is -0.229. The van der Waals surface area contributed by atoms with Gasteiger partial charge in [0.2, 0.25) is 5.91 Å². The molecule has 1 heterocycles. The standard InChI is InChI=1S/C11H20N2O2/c1-9-12-11(5-3-4-6-11)10(14)13(9)7-8-15-2/h9,12H,3-8H2,1-2H3. The zero-order valence-corrected chi connectivity index (χ0v) is 9.58. The summed E-state index contributed by atoms with van der Waals surface area (Å²) >= 11 is 0. The van der Waals surface area contributed by atoms with Gasteiger partial charge in [0.1, 0.15) is 0 Å². The molecular formula is C11H20N2O2. The van der Waals surface area contributed by atoms with Gasteiger partial charge in [0, 0.05) is 13.7 Å². The first-order chi connectivity index (χ1) is 7.19. The predicted molar refractivity (Wildman–Crippen MR) is 57.4 cm³/mol. The molecule has 1 spiro atoms. The number of methoxy groups -OCH3 is 1. The lowest BCUT2D eigenvalue weighted by molar-refractivity contribution is -0.133. The monoisotopic (exact) mass is 212 g/mol. The van der Waals surface area contributed by atoms with Crippen LogP contribution in [0.4, 0.5) is 0 Å². The van der Waals surface area contributed by atoms with Crippen LogP contribution in [0.2, 0.25) is 0 Å². The highest BCUT2D eigenvalue weighted by Crippen LogP contribution is 2.35. The van der Waals surface area contributed by atoms with Gasteiger partial charge in [-0.25, -0.2) is 0 Å². The Bertz CT molecular complexity index is 249. The number of ether oxygens (including phenoxy) is 1. The summed E-state index contributed by atoms with van der Waals surface area (Å²) in [6.07, 6.45) is 4.50. The summed E-state index contributed by atoms with van der Waals surface area (Å²) in [6, 6.07) is 0. The summed E-state index contributed by atoms with van der Waals surface area (Å²) in [4.78, 5) is 14.2. The number of nitrogens with zero attached hydrogens (tertiary/aromatic N) is 1. The van der Waals surface area contributed by atoms with Gasteiger partial charge < -0.3 is 9.64 Å². The highest BCUT2D eigenvalue weighted by molar-refractivity contribution is 5.89. The Morgan fingerprint density at radius 1 is 1.53 bits per heavy atom. The van der Waals surface area contributed by atoms with E-state index in [-0.39, 0.29) is 17.6 Å². The van der Waals surface area contributed by atoms with Crippen LogP contribution in [-0.4, -0.2) is 42.8 Å². The highest BCUT2D eigenvalue weighted by Gasteiger charge is 2.50. The van der Waals surface area contributed by atoms with E-state index < -0.39 is 0 Å². The summed E-state index contributed by atoms with van der Waals surface area (Å²) < 4.78 is 5.03. The van der Waals surface area contributed by atoms with Gasteiger partial charge in [-0.3, -0.25) is 10.1 Å². The minimum Gasteiger partial charge on any atom is -0.383 e. The quantitative estimate of drug-likeness (QED) is 0.749. The second-order valence-corrected chi connectivity index (χ2v) is 4.60. The van der Waals surface area contributed by atoms with Gasteiger partial charge in [-0.1, -0.05) is 12.8 Å². The fraction of sp³-hybridized carbons (Fsp3) is 0.909. The zero-order chi connectivity index (χ0) is 10.9. The average Bonchev–Trinajstić information content (AvgIpc) is 2.75. The van der Waals surface area contributed by atoms with Crippen molar-refractivity contribution in [1.29, 1.82) is 0 Å². The van der Waals surface area contributed by atoms with Crippen molar-refractivity contribution in [2.75, 3.05) is 20.3 Å². The smallest absolute Gasteiger partial charge is 0.244 e. The van der Waals surface area contributed by atoms with Crippen molar-refractivity contribution >= 4 is 5.91 Å². The largest absolute Gasteiger partial charge is 0.383 e. The molecule has 1 unspecified atom stereocenters. The fourth-order valence-corrected chi connectivity index (χ4v) is 2.81. The Balaban J connectivity index is 2.05. The molecule has 0 bridgehead atoms. The summed E-state index contributed by atoms with van der Waals surface area (Å²) in [7, 11) is 1.67. The first kappa shape index (κ1) is 10.9. The minimum absolute atomic E-state index is 0.158. The first-order valence-corrected chi connectivity index (χ1v) is 5.77. The maximum Gasteiger partial charge on any atom is 0.244 e. The number of hydrogen-bond donors (Lipinski definition) is 1. The Morgan fingerprint density at radius 2 is 2.20 bits per heavy atom. The Labute approximate surface area is 91.0 Å². The van der Waals surface area contributed by atoms with Gasteiger partial charge in [0.25, 0.3) is 0 Å². The molecular weight excluding hydrogens is 192 g/mol. The van der Waals surface area contributed by atoms with Crippen LogP contribution in [0.3, 0.4) is 0 Å². The van der Waals surface area contributed by atoms with Crippen LogP contribution in [0.5, 0.6) is 0 Å². The van der Waals surface area contributed by atoms with Crippen LogP contribution in [0.15, 0.2) is 0 Å². The number of nitrogens with one attached hydrogen (secondary N) is 1. The molecule has 0 aromatic carbocycles. The van der Waals surface area contributed by atoms with Crippen LogP contribution in [0, 0.1) is 0 Å². The molecule has 2 rings (SSSR count). The van der Waals surface area contributed by atoms with Crippen molar-refractivity contribution in [2.45, 2.75) is 44.3 Å². The molecule has 1 saturated heterocycles. The lowest BCUT2D eigenvalue weighted by Crippen LogP contribution is -2.44. The number of rotatable bonds is 3. The van der Waals surface area contributed by atoms with Gasteiger partial charge in [0.05, 0.1) is 18.3 Å². The molecule has 1 N–H and O–H groups in total. The van der Waals surface area contributed by atoms with Gasteiger partial charge in [-0.15, -0.1) is 0 Å². The summed E-state index contributed by atoms with van der Waals surface area (Å²) in [6.45, 7) is 3.37. The second-order valence-electron chi connectivity index (χ2n) is 4.60. The molecule has 1 aliphatic heterocycles. The van der Waals surface area contributed by atoms with Crippen molar-refractivity contribution in [3.63, 3.8) is 0 Å². The highest BCUT2D eigenvalue weighted by atomic mass is 16.5. The molecule has 4 nitrogen and oxygen atoms in total. The molecule has 2 aliphatic rings. The molecule has 0 aromatic rings. The van der Waals surface area contributed by atoms with E-state index in [1.165, 1.54) is 12.8 Å². The van der Waals surface area contributed by atoms with E-state index in [0.29, 0.717) is 13.2 Å². The maximum absolute atomic E-state index is 12.3. The predicted octanol–water partition coefficient (Wildman–Crippen LogP) is 0.723. The van der Waals surface area contributed by atoms with E-state index in [0.717, 1.165) is 12.8 Å². The van der Waals surface area contributed by atoms with E-state index in [2.05, 4.69) is 12.2 Å². The topological polar surface area (TPSA) is 41.6 Å². The summed E-state index contributed by atoms with van der Waals surface area (Å²) in [5.74, 6) is 0.282. The lowest BCUT2D eigenvalue weighted by Gasteiger charge is -2.21. The number of hydrogen-bond acceptors (Lipinski definition) is 3. The van der Waals surface area contributed by atoms with Crippen molar-refractivity contribution < 1.29 is 9.53 Å². The van der Waals surface area contributed by atoms with E-state index >= 15 is 0 Å². The molecule has 86 valence electrons. The van der Waals surface area contributed by atoms with E-state index in [4.69, 9.17) is 4.74 Å². The Hall–Kier alpha value is -0.610. The third kappa shape index (κ3) is 1.76. The molecule has 15 heavy (non-hydrogen) atoms. The lowest BCUT2D eigenvalue weighted by atomic mass is 9.98. The molecule has 1 amide bonds. The molecule has 1 aliphatic carbocycles. The van der Waals surface area contributed by atoms with Crippen LogP contribution < -0.4 is 5.32 Å². The Kier molecular flexibility index (Phi) is 2.98. The van der Waals surface area contributed by atoms with E-state index in [1.54, 1.807) is 7.11 Å². The van der Waals surface area contributed by atoms with Crippen LogP contribution >= 0.6 is 0 Å². The SMILES string of the molecule is COCCN1C(=O)C2(CCCC2)NC1C. The van der Waals surface area contributed by atoms with Crippen LogP contribution in [0.25, 0.3) is 0 Å². The molecule has 0 radical (unpaired) electrons. The zero-order valence-electron chi connectivity index (χ0n) is 9.58. The molecule has 1 atom stereocenters. The summed E-state index contributed by atoms with van der Waals surface area (Å²) in [5.41, 5.74) is -0.229. The molecule has 4 heteroatoms. The average molecular weight is 212 g/mol. The van der Waals surface area contributed by atoms with Gasteiger partial charge in [0.15, 0.2) is 0 Å². The van der Waals surface area contributed by atoms with E-state index in [9.17, 15) is 4.79 Å². The van der Waals surface area contributed by atoms with E-state index in [1.807, 2.05) is 4.90 Å². The number of carbonyl (C=O) groups excluding carboxylic acids is 1. The van der Waals surface area contributed by atoms with Crippen molar-refractivity contribution in [3.8, 4) is 0 Å². The van der Waals surface area contributed by atoms with Gasteiger partial charge in [-0.05, 0) is 19.8 Å². The molecule has 1 saturated carbocycles. The van der Waals surface area contributed by atoms with Gasteiger partial charge in [-0.2, -0.15) is 0 Å². The number of amides is 1. The summed E-state index contributed by atoms with van der Waals surface area (Å²) in [5, 5.41) is 3.46.